The number of rotatable bonds is 4. The number of morpholine rings is 1. The van der Waals surface area contributed by atoms with Crippen molar-refractivity contribution >= 4 is 17.7 Å². The van der Waals surface area contributed by atoms with Crippen molar-refractivity contribution in [2.45, 2.75) is 19.8 Å². The molecule has 2 aliphatic heterocycles. The minimum Gasteiger partial charge on any atom is -0.378 e. The molecule has 2 aliphatic rings. The molecule has 3 amide bonds. The maximum absolute atomic E-state index is 12.3. The van der Waals surface area contributed by atoms with Crippen LogP contribution in [0.3, 0.4) is 0 Å². The van der Waals surface area contributed by atoms with Crippen LogP contribution in [0.15, 0.2) is 0 Å². The van der Waals surface area contributed by atoms with E-state index in [9.17, 15) is 14.4 Å². The molecule has 2 rings (SSSR count). The van der Waals surface area contributed by atoms with E-state index in [2.05, 4.69) is 0 Å². The van der Waals surface area contributed by atoms with Crippen LogP contribution in [0.25, 0.3) is 0 Å². The largest absolute Gasteiger partial charge is 0.378 e. The normalized spacial score (nSPS) is 26.9. The van der Waals surface area contributed by atoms with Crippen molar-refractivity contribution in [3.05, 3.63) is 0 Å². The molecule has 1 atom stereocenters. The summed E-state index contributed by atoms with van der Waals surface area (Å²) in [4.78, 5) is 38.6. The minimum atomic E-state index is -0.717. The van der Waals surface area contributed by atoms with Crippen LogP contribution in [0, 0.1) is 5.41 Å². The number of hydrogen-bond donors (Lipinski definition) is 1. The monoisotopic (exact) mass is 283 g/mol. The molecule has 20 heavy (non-hydrogen) atoms. The molecule has 0 bridgehead atoms. The van der Waals surface area contributed by atoms with Crippen molar-refractivity contribution in [1.29, 1.82) is 0 Å². The number of nitrogens with two attached hydrogens (primary N) is 1. The molecular formula is C13H21N3O4. The lowest BCUT2D eigenvalue weighted by atomic mass is 9.84. The van der Waals surface area contributed by atoms with E-state index in [0.29, 0.717) is 39.3 Å². The van der Waals surface area contributed by atoms with Crippen LogP contribution in [0.4, 0.5) is 0 Å². The van der Waals surface area contributed by atoms with E-state index < -0.39 is 11.3 Å². The van der Waals surface area contributed by atoms with Gasteiger partial charge in [-0.1, -0.05) is 6.92 Å². The van der Waals surface area contributed by atoms with Crippen LogP contribution >= 0.6 is 0 Å². The zero-order valence-corrected chi connectivity index (χ0v) is 11.8. The third-order valence-electron chi connectivity index (χ3n) is 3.99. The zero-order valence-electron chi connectivity index (χ0n) is 11.8. The number of amides is 3. The Morgan fingerprint density at radius 1 is 1.30 bits per heavy atom. The Kier molecular flexibility index (Phi) is 4.27. The first-order valence-corrected chi connectivity index (χ1v) is 6.85. The van der Waals surface area contributed by atoms with Gasteiger partial charge in [0.2, 0.25) is 17.7 Å². The van der Waals surface area contributed by atoms with Gasteiger partial charge in [0.25, 0.3) is 0 Å². The van der Waals surface area contributed by atoms with Crippen LogP contribution < -0.4 is 5.73 Å². The highest BCUT2D eigenvalue weighted by Gasteiger charge is 2.45. The molecule has 0 aromatic carbocycles. The molecule has 0 saturated carbocycles. The number of primary amides is 1. The predicted octanol–water partition coefficient (Wildman–Crippen LogP) is -1.04. The zero-order chi connectivity index (χ0) is 14.8. The number of ether oxygens (including phenoxy) is 1. The molecule has 2 saturated heterocycles. The quantitative estimate of drug-likeness (QED) is 0.713. The Labute approximate surface area is 118 Å². The lowest BCUT2D eigenvalue weighted by Gasteiger charge is -2.30. The maximum Gasteiger partial charge on any atom is 0.237 e. The fraction of sp³-hybridized carbons (Fsp3) is 0.769. The van der Waals surface area contributed by atoms with Gasteiger partial charge in [-0.15, -0.1) is 0 Å². The highest BCUT2D eigenvalue weighted by atomic mass is 16.5. The highest BCUT2D eigenvalue weighted by molar-refractivity contribution is 5.92. The number of carbonyl (C=O) groups is 3. The second-order valence-corrected chi connectivity index (χ2v) is 5.67. The third-order valence-corrected chi connectivity index (χ3v) is 3.99. The predicted molar refractivity (Wildman–Crippen MR) is 70.5 cm³/mol. The second kappa shape index (κ2) is 5.78. The molecule has 0 radical (unpaired) electrons. The molecule has 7 heteroatoms. The van der Waals surface area contributed by atoms with Crippen LogP contribution in [-0.2, 0) is 19.1 Å². The summed E-state index contributed by atoms with van der Waals surface area (Å²) in [5.41, 5.74) is 4.40. The van der Waals surface area contributed by atoms with Gasteiger partial charge >= 0.3 is 0 Å². The average Bonchev–Trinajstić information content (AvgIpc) is 2.68. The lowest BCUT2D eigenvalue weighted by Crippen LogP contribution is -2.44. The molecule has 0 spiro atoms. The summed E-state index contributed by atoms with van der Waals surface area (Å²) >= 11 is 0. The molecule has 0 aliphatic carbocycles. The summed E-state index contributed by atoms with van der Waals surface area (Å²) in [5.74, 6) is -0.704. The first kappa shape index (κ1) is 14.8. The molecule has 112 valence electrons. The summed E-state index contributed by atoms with van der Waals surface area (Å²) in [6.45, 7) is 4.44. The third kappa shape index (κ3) is 3.09. The maximum atomic E-state index is 12.3. The summed E-state index contributed by atoms with van der Waals surface area (Å²) in [7, 11) is 0. The summed E-state index contributed by atoms with van der Waals surface area (Å²) < 4.78 is 5.21. The van der Waals surface area contributed by atoms with Crippen molar-refractivity contribution < 1.29 is 19.1 Å². The van der Waals surface area contributed by atoms with E-state index in [1.165, 1.54) is 4.90 Å². The first-order valence-electron chi connectivity index (χ1n) is 6.85. The molecule has 2 fully saturated rings. The summed E-state index contributed by atoms with van der Waals surface area (Å²) in [6, 6.07) is 0. The van der Waals surface area contributed by atoms with Crippen LogP contribution in [0.5, 0.6) is 0 Å². The van der Waals surface area contributed by atoms with E-state index in [1.807, 2.05) is 0 Å². The molecule has 0 aromatic heterocycles. The van der Waals surface area contributed by atoms with Gasteiger partial charge in [0.05, 0.1) is 25.2 Å². The highest BCUT2D eigenvalue weighted by Crippen LogP contribution is 2.35. The molecular weight excluding hydrogens is 262 g/mol. The fourth-order valence-corrected chi connectivity index (χ4v) is 2.73. The van der Waals surface area contributed by atoms with Crippen molar-refractivity contribution in [2.75, 3.05) is 39.4 Å². The van der Waals surface area contributed by atoms with E-state index in [0.717, 1.165) is 0 Å². The van der Waals surface area contributed by atoms with Gasteiger partial charge in [-0.3, -0.25) is 14.4 Å². The Morgan fingerprint density at radius 3 is 2.55 bits per heavy atom. The second-order valence-electron chi connectivity index (χ2n) is 5.67. The summed E-state index contributed by atoms with van der Waals surface area (Å²) in [6.07, 6.45) is 0.760. The molecule has 1 unspecified atom stereocenters. The minimum absolute atomic E-state index is 0.0231. The van der Waals surface area contributed by atoms with Crippen molar-refractivity contribution in [3.63, 3.8) is 0 Å². The van der Waals surface area contributed by atoms with Gasteiger partial charge in [-0.2, -0.15) is 0 Å². The van der Waals surface area contributed by atoms with Gasteiger partial charge in [0.1, 0.15) is 0 Å². The smallest absolute Gasteiger partial charge is 0.237 e. The number of hydrogen-bond acceptors (Lipinski definition) is 4. The van der Waals surface area contributed by atoms with Gasteiger partial charge in [-0.25, -0.2) is 0 Å². The fourth-order valence-electron chi connectivity index (χ4n) is 2.73. The van der Waals surface area contributed by atoms with Gasteiger partial charge < -0.3 is 20.3 Å². The molecule has 2 N–H and O–H groups in total. The molecule has 7 nitrogen and oxygen atoms in total. The molecule has 2 heterocycles. The first-order chi connectivity index (χ1) is 9.42. The Morgan fingerprint density at radius 2 is 1.95 bits per heavy atom. The molecule has 0 aromatic rings. The van der Waals surface area contributed by atoms with Crippen LogP contribution in [0.1, 0.15) is 19.8 Å². The van der Waals surface area contributed by atoms with Crippen molar-refractivity contribution in [2.24, 2.45) is 11.1 Å². The Hall–Kier alpha value is -1.63. The Bertz CT molecular complexity index is 420. The number of likely N-dealkylation sites (tertiary alicyclic amines) is 1. The van der Waals surface area contributed by atoms with E-state index in [1.54, 1.807) is 11.8 Å². The SMILES string of the molecule is CC1(CC(=O)N2CCOCC2)CCN(CC(N)=O)C1=O. The van der Waals surface area contributed by atoms with Crippen molar-refractivity contribution in [3.8, 4) is 0 Å². The van der Waals surface area contributed by atoms with Crippen LogP contribution in [0.2, 0.25) is 0 Å². The van der Waals surface area contributed by atoms with E-state index in [4.69, 9.17) is 10.5 Å². The standard InChI is InChI=1S/C13H21N3O4/c1-13(2-3-16(12(13)19)9-10(14)17)8-11(18)15-4-6-20-7-5-15/h2-9H2,1H3,(H2,14,17). The van der Waals surface area contributed by atoms with Crippen LogP contribution in [-0.4, -0.2) is 66.9 Å². The lowest BCUT2D eigenvalue weighted by molar-refractivity contribution is -0.145. The van der Waals surface area contributed by atoms with Gasteiger partial charge in [-0.05, 0) is 6.42 Å². The van der Waals surface area contributed by atoms with Gasteiger partial charge in [0.15, 0.2) is 0 Å². The number of carbonyl (C=O) groups excluding carboxylic acids is 3. The number of nitrogens with zero attached hydrogens (tertiary/aromatic N) is 2. The Balaban J connectivity index is 1.95. The topological polar surface area (TPSA) is 92.9 Å². The van der Waals surface area contributed by atoms with E-state index >= 15 is 0 Å². The van der Waals surface area contributed by atoms with Crippen molar-refractivity contribution in [1.82, 2.24) is 9.80 Å². The van der Waals surface area contributed by atoms with Gasteiger partial charge in [0, 0.05) is 26.1 Å². The summed E-state index contributed by atoms with van der Waals surface area (Å²) in [5, 5.41) is 0. The van der Waals surface area contributed by atoms with E-state index in [-0.39, 0.29) is 24.8 Å². The average molecular weight is 283 g/mol.